The van der Waals surface area contributed by atoms with Gasteiger partial charge in [0.15, 0.2) is 5.58 Å². The third kappa shape index (κ3) is 2.60. The largest absolute Gasteiger partial charge is 0.454 e. The van der Waals surface area contributed by atoms with E-state index in [0.29, 0.717) is 0 Å². The van der Waals surface area contributed by atoms with Gasteiger partial charge in [0, 0.05) is 33.1 Å². The van der Waals surface area contributed by atoms with Crippen molar-refractivity contribution in [2.45, 2.75) is 0 Å². The number of rotatable bonds is 2. The molecular formula is C35H20N2O. The van der Waals surface area contributed by atoms with Crippen molar-refractivity contribution in [3.63, 3.8) is 0 Å². The van der Waals surface area contributed by atoms with Crippen LogP contribution in [0.3, 0.4) is 0 Å². The summed E-state index contributed by atoms with van der Waals surface area (Å²) < 4.78 is 8.48. The Balaban J connectivity index is 1.39. The minimum absolute atomic E-state index is 0.819. The van der Waals surface area contributed by atoms with Crippen LogP contribution in [0.5, 0.6) is 0 Å². The summed E-state index contributed by atoms with van der Waals surface area (Å²) in [5.41, 5.74) is 11.2. The Kier molecular flexibility index (Phi) is 3.79. The van der Waals surface area contributed by atoms with E-state index >= 15 is 0 Å². The highest BCUT2D eigenvalue weighted by Gasteiger charge is 2.19. The zero-order valence-corrected chi connectivity index (χ0v) is 20.3. The van der Waals surface area contributed by atoms with Crippen molar-refractivity contribution in [2.24, 2.45) is 0 Å². The number of furan rings is 1. The highest BCUT2D eigenvalue weighted by molar-refractivity contribution is 6.25. The molecule has 5 aromatic carbocycles. The molecule has 9 rings (SSSR count). The van der Waals surface area contributed by atoms with Crippen LogP contribution < -0.4 is 0 Å². The van der Waals surface area contributed by atoms with Crippen molar-refractivity contribution in [3.8, 4) is 22.3 Å². The van der Waals surface area contributed by atoms with E-state index in [1.54, 1.807) is 0 Å². The second-order valence-electron chi connectivity index (χ2n) is 10.0. The van der Waals surface area contributed by atoms with Gasteiger partial charge in [0.05, 0.1) is 16.6 Å². The molecule has 0 fully saturated rings. The van der Waals surface area contributed by atoms with Crippen LogP contribution >= 0.6 is 0 Å². The molecule has 0 saturated heterocycles. The van der Waals surface area contributed by atoms with Gasteiger partial charge < -0.3 is 8.82 Å². The maximum Gasteiger partial charge on any atom is 0.153 e. The predicted octanol–water partition coefficient (Wildman–Crippen LogP) is 9.47. The van der Waals surface area contributed by atoms with Crippen molar-refractivity contribution in [1.82, 2.24) is 9.38 Å². The summed E-state index contributed by atoms with van der Waals surface area (Å²) in [5, 5.41) is 6.15. The number of pyridine rings is 1. The zero-order valence-electron chi connectivity index (χ0n) is 20.3. The number of hydrogen-bond donors (Lipinski definition) is 0. The predicted molar refractivity (Wildman–Crippen MR) is 157 cm³/mol. The zero-order chi connectivity index (χ0) is 24.8. The van der Waals surface area contributed by atoms with Crippen molar-refractivity contribution >= 4 is 60.2 Å². The summed E-state index contributed by atoms with van der Waals surface area (Å²) in [6.07, 6.45) is 1.83. The molecule has 38 heavy (non-hydrogen) atoms. The Morgan fingerprint density at radius 2 is 1.18 bits per heavy atom. The molecule has 0 N–H and O–H groups in total. The number of benzene rings is 5. The minimum atomic E-state index is 0.819. The number of nitrogens with zero attached hydrogens (tertiary/aromatic N) is 2. The van der Waals surface area contributed by atoms with Crippen LogP contribution in [-0.2, 0) is 0 Å². The summed E-state index contributed by atoms with van der Waals surface area (Å²) in [4.78, 5) is 4.60. The van der Waals surface area contributed by atoms with Gasteiger partial charge in [-0.05, 0) is 76.9 Å². The lowest BCUT2D eigenvalue weighted by molar-refractivity contribution is 0.668. The smallest absolute Gasteiger partial charge is 0.153 e. The molecule has 3 heteroatoms. The van der Waals surface area contributed by atoms with E-state index in [0.717, 1.165) is 27.6 Å². The third-order valence-corrected chi connectivity index (χ3v) is 7.96. The first-order valence-electron chi connectivity index (χ1n) is 12.9. The van der Waals surface area contributed by atoms with Gasteiger partial charge in [-0.15, -0.1) is 0 Å². The fraction of sp³-hybridized carbons (Fsp3) is 0. The van der Waals surface area contributed by atoms with Gasteiger partial charge in [0.2, 0.25) is 0 Å². The summed E-state index contributed by atoms with van der Waals surface area (Å²) in [7, 11) is 0. The Labute approximate surface area is 217 Å². The van der Waals surface area contributed by atoms with Crippen LogP contribution in [0.1, 0.15) is 0 Å². The van der Waals surface area contributed by atoms with E-state index in [2.05, 4.69) is 113 Å². The normalized spacial score (nSPS) is 12.2. The first-order chi connectivity index (χ1) is 18.8. The van der Waals surface area contributed by atoms with Crippen LogP contribution in [0, 0.1) is 0 Å². The first-order valence-corrected chi connectivity index (χ1v) is 12.9. The van der Waals surface area contributed by atoms with Gasteiger partial charge in [-0.3, -0.25) is 4.98 Å². The van der Waals surface area contributed by atoms with Gasteiger partial charge in [0.1, 0.15) is 11.1 Å². The van der Waals surface area contributed by atoms with Crippen LogP contribution in [0.25, 0.3) is 82.4 Å². The number of para-hydroxylation sites is 1. The van der Waals surface area contributed by atoms with E-state index in [1.165, 1.54) is 54.8 Å². The van der Waals surface area contributed by atoms with Crippen LogP contribution in [0.2, 0.25) is 0 Å². The van der Waals surface area contributed by atoms with Gasteiger partial charge in [-0.25, -0.2) is 0 Å². The lowest BCUT2D eigenvalue weighted by Gasteiger charge is -2.06. The quantitative estimate of drug-likeness (QED) is 0.245. The average Bonchev–Trinajstić information content (AvgIpc) is 3.63. The molecule has 0 amide bonds. The molecule has 0 aliphatic rings. The molecule has 4 aromatic heterocycles. The summed E-state index contributed by atoms with van der Waals surface area (Å²) in [5.74, 6) is 0. The van der Waals surface area contributed by atoms with Gasteiger partial charge in [-0.2, -0.15) is 0 Å². The maximum atomic E-state index is 6.05. The van der Waals surface area contributed by atoms with Crippen molar-refractivity contribution < 1.29 is 4.42 Å². The fourth-order valence-corrected chi connectivity index (χ4v) is 6.25. The number of fused-ring (bicyclic) bond motifs is 9. The highest BCUT2D eigenvalue weighted by atomic mass is 16.3. The summed E-state index contributed by atoms with van der Waals surface area (Å²) >= 11 is 0. The number of aromatic nitrogens is 2. The first kappa shape index (κ1) is 20.0. The van der Waals surface area contributed by atoms with Crippen LogP contribution in [0.15, 0.2) is 126 Å². The Morgan fingerprint density at radius 1 is 0.474 bits per heavy atom. The van der Waals surface area contributed by atoms with E-state index in [9.17, 15) is 0 Å². The van der Waals surface area contributed by atoms with Gasteiger partial charge >= 0.3 is 0 Å². The molecule has 3 nitrogen and oxygen atoms in total. The molecule has 9 aromatic rings. The molecular weight excluding hydrogens is 464 g/mol. The molecule has 0 unspecified atom stereocenters. The Hall–Kier alpha value is -5.15. The second kappa shape index (κ2) is 7.21. The van der Waals surface area contributed by atoms with Crippen LogP contribution in [-0.4, -0.2) is 9.38 Å². The van der Waals surface area contributed by atoms with Gasteiger partial charge in [-0.1, -0.05) is 60.7 Å². The molecule has 0 radical (unpaired) electrons. The maximum absolute atomic E-state index is 6.05. The lowest BCUT2D eigenvalue weighted by atomic mass is 9.97. The average molecular weight is 485 g/mol. The van der Waals surface area contributed by atoms with E-state index in [4.69, 9.17) is 4.42 Å². The molecule has 0 saturated carbocycles. The van der Waals surface area contributed by atoms with Crippen LogP contribution in [0.4, 0.5) is 0 Å². The Bertz CT molecular complexity index is 2340. The van der Waals surface area contributed by atoms with Crippen molar-refractivity contribution in [2.75, 3.05) is 0 Å². The lowest BCUT2D eigenvalue weighted by Crippen LogP contribution is -1.81. The van der Waals surface area contributed by atoms with E-state index in [1.807, 2.05) is 18.3 Å². The SMILES string of the molecule is c1ccc(-c2ccc3c(c2)c2cc(-c4ccc5oc6cccnc6c5c4)cc4c5ccccc5n3c42)cc1. The van der Waals surface area contributed by atoms with Crippen molar-refractivity contribution in [1.29, 1.82) is 0 Å². The number of hydrogen-bond acceptors (Lipinski definition) is 2. The molecule has 0 bridgehead atoms. The molecule has 0 aliphatic heterocycles. The molecule has 4 heterocycles. The standard InChI is InChI=1S/C35H20N2O/c1-2-7-21(8-3-1)22-12-14-31-26(17-22)28-20-24(19-27-25-9-4-5-10-30(25)37(31)35(27)28)23-13-15-32-29(18-23)34-33(38-32)11-6-16-36-34/h1-20H. The molecule has 176 valence electrons. The molecule has 0 atom stereocenters. The monoisotopic (exact) mass is 484 g/mol. The Morgan fingerprint density at radius 3 is 2.11 bits per heavy atom. The van der Waals surface area contributed by atoms with E-state index < -0.39 is 0 Å². The third-order valence-electron chi connectivity index (χ3n) is 7.96. The molecule has 0 spiro atoms. The highest BCUT2D eigenvalue weighted by Crippen LogP contribution is 2.43. The minimum Gasteiger partial charge on any atom is -0.454 e. The van der Waals surface area contributed by atoms with E-state index in [-0.39, 0.29) is 0 Å². The topological polar surface area (TPSA) is 30.4 Å². The van der Waals surface area contributed by atoms with Crippen molar-refractivity contribution in [3.05, 3.63) is 121 Å². The van der Waals surface area contributed by atoms with Gasteiger partial charge in [0.25, 0.3) is 0 Å². The summed E-state index contributed by atoms with van der Waals surface area (Å²) in [6, 6.07) is 41.3. The second-order valence-corrected chi connectivity index (χ2v) is 10.0. The molecule has 0 aliphatic carbocycles. The summed E-state index contributed by atoms with van der Waals surface area (Å²) in [6.45, 7) is 0. The fourth-order valence-electron chi connectivity index (χ4n) is 6.25.